The number of hydrogen-bond acceptors (Lipinski definition) is 6. The monoisotopic (exact) mass is 446 g/mol. The van der Waals surface area contributed by atoms with E-state index < -0.39 is 24.4 Å². The number of hydrogen-bond donors (Lipinski definition) is 1. The summed E-state index contributed by atoms with van der Waals surface area (Å²) >= 11 is 6.02. The van der Waals surface area contributed by atoms with Gasteiger partial charge in [-0.15, -0.1) is 0 Å². The maximum absolute atomic E-state index is 12.4. The minimum absolute atomic E-state index is 0.0295. The molecular formula is C22H23ClN2O6. The average molecular weight is 447 g/mol. The number of ether oxygens (including phenoxy) is 3. The lowest BCUT2D eigenvalue weighted by atomic mass is 10.1. The first-order valence-electron chi connectivity index (χ1n) is 9.74. The second kappa shape index (κ2) is 10.2. The molecule has 0 bridgehead atoms. The molecule has 164 valence electrons. The van der Waals surface area contributed by atoms with Crippen molar-refractivity contribution in [2.75, 3.05) is 37.1 Å². The zero-order valence-electron chi connectivity index (χ0n) is 17.2. The molecule has 0 saturated carbocycles. The minimum Gasteiger partial charge on any atom is -0.495 e. The number of rotatable bonds is 8. The fourth-order valence-corrected chi connectivity index (χ4v) is 3.46. The van der Waals surface area contributed by atoms with E-state index in [2.05, 4.69) is 5.32 Å². The summed E-state index contributed by atoms with van der Waals surface area (Å²) in [4.78, 5) is 38.3. The van der Waals surface area contributed by atoms with Gasteiger partial charge >= 0.3 is 5.97 Å². The van der Waals surface area contributed by atoms with Gasteiger partial charge in [-0.05, 0) is 49.4 Å². The van der Waals surface area contributed by atoms with Crippen LogP contribution in [0, 0.1) is 5.92 Å². The number of nitrogens with zero attached hydrogens (tertiary/aromatic N) is 1. The lowest BCUT2D eigenvalue weighted by Crippen LogP contribution is -2.28. The van der Waals surface area contributed by atoms with E-state index >= 15 is 0 Å². The highest BCUT2D eigenvalue weighted by molar-refractivity contribution is 6.32. The molecule has 8 nitrogen and oxygen atoms in total. The second-order valence-electron chi connectivity index (χ2n) is 6.84. The van der Waals surface area contributed by atoms with Crippen molar-refractivity contribution >= 4 is 40.8 Å². The molecule has 2 aromatic rings. The predicted octanol–water partition coefficient (Wildman–Crippen LogP) is 3.28. The Bertz CT molecular complexity index is 963. The molecule has 2 amide bonds. The van der Waals surface area contributed by atoms with Gasteiger partial charge in [-0.2, -0.15) is 0 Å². The number of anilines is 2. The highest BCUT2D eigenvalue weighted by Crippen LogP contribution is 2.28. The van der Waals surface area contributed by atoms with Crippen LogP contribution in [0.3, 0.4) is 0 Å². The third-order valence-electron chi connectivity index (χ3n) is 4.70. The molecule has 1 N–H and O–H groups in total. The summed E-state index contributed by atoms with van der Waals surface area (Å²) < 4.78 is 15.6. The number of esters is 1. The Labute approximate surface area is 185 Å². The summed E-state index contributed by atoms with van der Waals surface area (Å²) in [5.41, 5.74) is 1.13. The Balaban J connectivity index is 1.51. The highest BCUT2D eigenvalue weighted by atomic mass is 35.5. The molecule has 31 heavy (non-hydrogen) atoms. The number of benzene rings is 2. The van der Waals surface area contributed by atoms with Crippen LogP contribution in [0.4, 0.5) is 11.4 Å². The van der Waals surface area contributed by atoms with E-state index in [1.807, 2.05) is 6.92 Å². The van der Waals surface area contributed by atoms with E-state index in [1.165, 1.54) is 18.1 Å². The molecule has 3 rings (SSSR count). The summed E-state index contributed by atoms with van der Waals surface area (Å²) in [6.45, 7) is 2.17. The summed E-state index contributed by atoms with van der Waals surface area (Å²) in [5.74, 6) is -0.732. The number of methoxy groups -OCH3 is 1. The molecule has 1 atom stereocenters. The fraction of sp³-hybridized carbons (Fsp3) is 0.318. The molecular weight excluding hydrogens is 424 g/mol. The molecule has 0 radical (unpaired) electrons. The van der Waals surface area contributed by atoms with E-state index in [4.69, 9.17) is 25.8 Å². The average Bonchev–Trinajstić information content (AvgIpc) is 3.15. The molecule has 0 aliphatic carbocycles. The number of halogens is 1. The van der Waals surface area contributed by atoms with Gasteiger partial charge < -0.3 is 24.4 Å². The zero-order chi connectivity index (χ0) is 22.4. The first-order chi connectivity index (χ1) is 14.9. The Morgan fingerprint density at radius 3 is 2.58 bits per heavy atom. The van der Waals surface area contributed by atoms with Crippen LogP contribution in [-0.4, -0.2) is 44.7 Å². The number of carbonyl (C=O) groups is 3. The first kappa shape index (κ1) is 22.4. The molecule has 1 fully saturated rings. The summed E-state index contributed by atoms with van der Waals surface area (Å²) in [6, 6.07) is 11.8. The molecule has 0 aromatic heterocycles. The Morgan fingerprint density at radius 2 is 1.94 bits per heavy atom. The van der Waals surface area contributed by atoms with Gasteiger partial charge in [0, 0.05) is 24.3 Å². The fourth-order valence-electron chi connectivity index (χ4n) is 3.20. The summed E-state index contributed by atoms with van der Waals surface area (Å²) in [7, 11) is 1.49. The number of carbonyl (C=O) groups excluding carboxylic acids is 3. The van der Waals surface area contributed by atoms with Crippen molar-refractivity contribution in [2.45, 2.75) is 13.3 Å². The van der Waals surface area contributed by atoms with Crippen LogP contribution in [0.25, 0.3) is 0 Å². The van der Waals surface area contributed by atoms with Crippen LogP contribution in [0.1, 0.15) is 13.3 Å². The Morgan fingerprint density at radius 1 is 1.19 bits per heavy atom. The minimum atomic E-state index is -0.637. The summed E-state index contributed by atoms with van der Waals surface area (Å²) in [5, 5.41) is 2.94. The SMILES string of the molecule is CCOc1ccc(N2CC(C(=O)OCC(=O)Nc3ccc(OC)c(Cl)c3)CC2=O)cc1. The van der Waals surface area contributed by atoms with Gasteiger partial charge in [0.2, 0.25) is 5.91 Å². The molecule has 1 aliphatic heterocycles. The molecule has 9 heteroatoms. The van der Waals surface area contributed by atoms with E-state index in [0.717, 1.165) is 0 Å². The highest BCUT2D eigenvalue weighted by Gasteiger charge is 2.36. The first-order valence-corrected chi connectivity index (χ1v) is 10.1. The predicted molar refractivity (Wildman–Crippen MR) is 116 cm³/mol. The van der Waals surface area contributed by atoms with Crippen LogP contribution in [-0.2, 0) is 19.1 Å². The van der Waals surface area contributed by atoms with E-state index in [-0.39, 0.29) is 18.9 Å². The maximum atomic E-state index is 12.4. The van der Waals surface area contributed by atoms with Crippen molar-refractivity contribution in [3.8, 4) is 11.5 Å². The summed E-state index contributed by atoms with van der Waals surface area (Å²) in [6.07, 6.45) is 0.0295. The molecule has 0 spiro atoms. The van der Waals surface area contributed by atoms with E-state index in [0.29, 0.717) is 34.5 Å². The standard InChI is InChI=1S/C22H23ClN2O6/c1-3-30-17-7-5-16(6-8-17)25-12-14(10-21(25)27)22(28)31-13-20(26)24-15-4-9-19(29-2)18(23)11-15/h4-9,11,14H,3,10,12-13H2,1-2H3,(H,24,26). The largest absolute Gasteiger partial charge is 0.495 e. The second-order valence-corrected chi connectivity index (χ2v) is 7.24. The smallest absolute Gasteiger partial charge is 0.311 e. The molecule has 1 aliphatic rings. The van der Waals surface area contributed by atoms with Crippen LogP contribution in [0.5, 0.6) is 11.5 Å². The quantitative estimate of drug-likeness (QED) is 0.625. The lowest BCUT2D eigenvalue weighted by Gasteiger charge is -2.17. The normalized spacial score (nSPS) is 15.5. The van der Waals surface area contributed by atoms with Crippen molar-refractivity contribution in [1.29, 1.82) is 0 Å². The molecule has 2 aromatic carbocycles. The number of amides is 2. The van der Waals surface area contributed by atoms with Crippen molar-refractivity contribution < 1.29 is 28.6 Å². The lowest BCUT2D eigenvalue weighted by molar-refractivity contribution is -0.151. The van der Waals surface area contributed by atoms with Crippen molar-refractivity contribution in [3.05, 3.63) is 47.5 Å². The van der Waals surface area contributed by atoms with Gasteiger partial charge in [0.25, 0.3) is 5.91 Å². The van der Waals surface area contributed by atoms with Crippen molar-refractivity contribution in [1.82, 2.24) is 0 Å². The molecule has 1 saturated heterocycles. The van der Waals surface area contributed by atoms with Gasteiger partial charge in [-0.25, -0.2) is 0 Å². The van der Waals surface area contributed by atoms with Gasteiger partial charge in [-0.3, -0.25) is 14.4 Å². The van der Waals surface area contributed by atoms with Gasteiger partial charge in [-0.1, -0.05) is 11.6 Å². The van der Waals surface area contributed by atoms with Crippen LogP contribution in [0.2, 0.25) is 5.02 Å². The van der Waals surface area contributed by atoms with Crippen LogP contribution in [0.15, 0.2) is 42.5 Å². The Hall–Kier alpha value is -3.26. The van der Waals surface area contributed by atoms with Gasteiger partial charge in [0.1, 0.15) is 11.5 Å². The van der Waals surface area contributed by atoms with Gasteiger partial charge in [0.05, 0.1) is 24.7 Å². The van der Waals surface area contributed by atoms with Crippen molar-refractivity contribution in [3.63, 3.8) is 0 Å². The van der Waals surface area contributed by atoms with Gasteiger partial charge in [0.15, 0.2) is 6.61 Å². The third kappa shape index (κ3) is 5.67. The molecule has 1 heterocycles. The third-order valence-corrected chi connectivity index (χ3v) is 4.99. The topological polar surface area (TPSA) is 94.2 Å². The Kier molecular flexibility index (Phi) is 7.36. The molecule has 1 unspecified atom stereocenters. The van der Waals surface area contributed by atoms with E-state index in [1.54, 1.807) is 36.4 Å². The van der Waals surface area contributed by atoms with Crippen LogP contribution < -0.4 is 19.7 Å². The van der Waals surface area contributed by atoms with Crippen LogP contribution >= 0.6 is 11.6 Å². The van der Waals surface area contributed by atoms with E-state index in [9.17, 15) is 14.4 Å². The maximum Gasteiger partial charge on any atom is 0.311 e. The number of nitrogens with one attached hydrogen (secondary N) is 1. The zero-order valence-corrected chi connectivity index (χ0v) is 18.0. The van der Waals surface area contributed by atoms with Crippen molar-refractivity contribution in [2.24, 2.45) is 5.92 Å².